The molecule has 1 aromatic rings. The molecule has 1 atom stereocenters. The second kappa shape index (κ2) is 9.69. The molecule has 10 nitrogen and oxygen atoms in total. The molecule has 2 fully saturated rings. The van der Waals surface area contributed by atoms with Crippen LogP contribution in [0.5, 0.6) is 0 Å². The number of amides is 4. The van der Waals surface area contributed by atoms with Gasteiger partial charge >= 0.3 is 5.97 Å². The Bertz CT molecular complexity index is 876. The zero-order valence-corrected chi connectivity index (χ0v) is 17.6. The van der Waals surface area contributed by atoms with Crippen LogP contribution in [-0.4, -0.2) is 60.2 Å². The van der Waals surface area contributed by atoms with Gasteiger partial charge in [-0.3, -0.25) is 24.6 Å². The van der Waals surface area contributed by atoms with Crippen LogP contribution >= 0.6 is 0 Å². The van der Waals surface area contributed by atoms with E-state index in [4.69, 9.17) is 4.74 Å². The molecule has 31 heavy (non-hydrogen) atoms. The Labute approximate surface area is 179 Å². The number of anilines is 1. The smallest absolute Gasteiger partial charge is 0.338 e. The quantitative estimate of drug-likeness (QED) is 0.380. The lowest BCUT2D eigenvalue weighted by atomic mass is 9.96. The molecule has 2 heterocycles. The number of likely N-dealkylation sites (tertiary alicyclic amines) is 1. The molecule has 2 saturated heterocycles. The minimum atomic E-state index is -0.876. The molecule has 2 aliphatic heterocycles. The first-order chi connectivity index (χ1) is 14.8. The van der Waals surface area contributed by atoms with Gasteiger partial charge in [0.1, 0.15) is 6.04 Å². The first-order valence-corrected chi connectivity index (χ1v) is 10.3. The number of piperidine rings is 1. The summed E-state index contributed by atoms with van der Waals surface area (Å²) in [7, 11) is 0. The normalized spacial score (nSPS) is 19.5. The number of ether oxygens (including phenoxy) is 1. The van der Waals surface area contributed by atoms with E-state index in [0.717, 1.165) is 4.90 Å². The van der Waals surface area contributed by atoms with E-state index in [1.807, 2.05) is 0 Å². The molecule has 0 saturated carbocycles. The molecule has 3 rings (SSSR count). The molecule has 1 aromatic carbocycles. The summed E-state index contributed by atoms with van der Waals surface area (Å²) in [6.07, 6.45) is 0.995. The maximum Gasteiger partial charge on any atom is 0.338 e. The van der Waals surface area contributed by atoms with E-state index < -0.39 is 23.8 Å². The second-order valence-electron chi connectivity index (χ2n) is 7.51. The number of carbonyl (C=O) groups excluding carboxylic acids is 5. The van der Waals surface area contributed by atoms with Gasteiger partial charge in [0.05, 0.1) is 24.3 Å². The Morgan fingerprint density at radius 1 is 1.10 bits per heavy atom. The maximum atomic E-state index is 12.7. The van der Waals surface area contributed by atoms with E-state index in [2.05, 4.69) is 10.9 Å². The predicted molar refractivity (Wildman–Crippen MR) is 110 cm³/mol. The van der Waals surface area contributed by atoms with Crippen molar-refractivity contribution < 1.29 is 28.7 Å². The molecule has 0 radical (unpaired) electrons. The highest BCUT2D eigenvalue weighted by atomic mass is 16.5. The number of carbonyl (C=O) groups is 5. The number of esters is 1. The van der Waals surface area contributed by atoms with Crippen LogP contribution in [0.4, 0.5) is 5.69 Å². The number of hydrogen-bond donors (Lipinski definition) is 2. The Morgan fingerprint density at radius 2 is 1.74 bits per heavy atom. The molecule has 4 amide bonds. The summed E-state index contributed by atoms with van der Waals surface area (Å²) in [6.45, 7) is 4.49. The SMILES string of the molecule is CCOC(=O)c1ccc(N2C(=O)C[C@H](NNC(=O)C3CCN(C(C)=O)CC3)C2=O)cc1. The fourth-order valence-electron chi connectivity index (χ4n) is 3.69. The summed E-state index contributed by atoms with van der Waals surface area (Å²) in [5.74, 6) is -1.91. The monoisotopic (exact) mass is 430 g/mol. The van der Waals surface area contributed by atoms with Gasteiger partial charge in [-0.15, -0.1) is 0 Å². The fourth-order valence-corrected chi connectivity index (χ4v) is 3.69. The predicted octanol–water partition coefficient (Wildman–Crippen LogP) is 0.375. The van der Waals surface area contributed by atoms with Crippen LogP contribution in [0, 0.1) is 5.92 Å². The van der Waals surface area contributed by atoms with Gasteiger partial charge < -0.3 is 9.64 Å². The molecule has 0 aliphatic carbocycles. The largest absolute Gasteiger partial charge is 0.462 e. The highest BCUT2D eigenvalue weighted by molar-refractivity contribution is 6.22. The molecule has 0 bridgehead atoms. The first-order valence-electron chi connectivity index (χ1n) is 10.3. The first kappa shape index (κ1) is 22.4. The third-order valence-electron chi connectivity index (χ3n) is 5.46. The van der Waals surface area contributed by atoms with Gasteiger partial charge in [0.15, 0.2) is 0 Å². The van der Waals surface area contributed by atoms with Crippen molar-refractivity contribution in [3.63, 3.8) is 0 Å². The number of benzene rings is 1. The van der Waals surface area contributed by atoms with E-state index >= 15 is 0 Å². The highest BCUT2D eigenvalue weighted by Gasteiger charge is 2.40. The lowest BCUT2D eigenvalue weighted by Gasteiger charge is -2.30. The maximum absolute atomic E-state index is 12.7. The summed E-state index contributed by atoms with van der Waals surface area (Å²) >= 11 is 0. The van der Waals surface area contributed by atoms with Gasteiger partial charge in [-0.05, 0) is 44.0 Å². The Hall–Kier alpha value is -3.27. The number of hydrazine groups is 1. The molecule has 2 aliphatic rings. The minimum Gasteiger partial charge on any atom is -0.462 e. The van der Waals surface area contributed by atoms with Crippen LogP contribution < -0.4 is 15.8 Å². The van der Waals surface area contributed by atoms with Crippen molar-refractivity contribution in [3.05, 3.63) is 29.8 Å². The molecular weight excluding hydrogens is 404 g/mol. The van der Waals surface area contributed by atoms with Gasteiger partial charge in [0.2, 0.25) is 17.7 Å². The van der Waals surface area contributed by atoms with Crippen molar-refractivity contribution in [2.75, 3.05) is 24.6 Å². The average Bonchev–Trinajstić information content (AvgIpc) is 3.05. The summed E-state index contributed by atoms with van der Waals surface area (Å²) < 4.78 is 4.92. The van der Waals surface area contributed by atoms with E-state index in [0.29, 0.717) is 37.2 Å². The average molecular weight is 430 g/mol. The number of hydrogen-bond acceptors (Lipinski definition) is 7. The topological polar surface area (TPSA) is 125 Å². The molecule has 10 heteroatoms. The summed E-state index contributed by atoms with van der Waals surface area (Å²) in [5.41, 5.74) is 5.88. The summed E-state index contributed by atoms with van der Waals surface area (Å²) in [5, 5.41) is 0. The summed E-state index contributed by atoms with van der Waals surface area (Å²) in [4.78, 5) is 63.3. The van der Waals surface area contributed by atoms with Gasteiger partial charge in [-0.2, -0.15) is 0 Å². The van der Waals surface area contributed by atoms with Crippen molar-refractivity contribution in [2.24, 2.45) is 5.92 Å². The third-order valence-corrected chi connectivity index (χ3v) is 5.46. The lowest BCUT2D eigenvalue weighted by Crippen LogP contribution is -2.51. The van der Waals surface area contributed by atoms with Crippen molar-refractivity contribution in [2.45, 2.75) is 39.2 Å². The van der Waals surface area contributed by atoms with E-state index in [-0.39, 0.29) is 30.8 Å². The van der Waals surface area contributed by atoms with E-state index in [9.17, 15) is 24.0 Å². The minimum absolute atomic E-state index is 0.0116. The van der Waals surface area contributed by atoms with Crippen LogP contribution in [0.25, 0.3) is 0 Å². The third kappa shape index (κ3) is 5.08. The fraction of sp³-hybridized carbons (Fsp3) is 0.476. The molecule has 0 aromatic heterocycles. The number of rotatable bonds is 6. The van der Waals surface area contributed by atoms with Crippen molar-refractivity contribution in [1.29, 1.82) is 0 Å². The second-order valence-corrected chi connectivity index (χ2v) is 7.51. The van der Waals surface area contributed by atoms with Gasteiger partial charge in [-0.1, -0.05) is 0 Å². The van der Waals surface area contributed by atoms with Crippen LogP contribution in [-0.2, 0) is 23.9 Å². The highest BCUT2D eigenvalue weighted by Crippen LogP contribution is 2.23. The number of nitrogens with zero attached hydrogens (tertiary/aromatic N) is 2. The van der Waals surface area contributed by atoms with E-state index in [1.165, 1.54) is 31.2 Å². The lowest BCUT2D eigenvalue weighted by molar-refractivity contribution is -0.134. The van der Waals surface area contributed by atoms with Gasteiger partial charge in [0, 0.05) is 25.9 Å². The Kier molecular flexibility index (Phi) is 7.01. The molecule has 0 spiro atoms. The van der Waals surface area contributed by atoms with Gasteiger partial charge in [-0.25, -0.2) is 15.1 Å². The molecule has 2 N–H and O–H groups in total. The summed E-state index contributed by atoms with van der Waals surface area (Å²) in [6, 6.07) is 5.11. The molecule has 166 valence electrons. The zero-order chi connectivity index (χ0) is 22.5. The van der Waals surface area contributed by atoms with Crippen molar-refractivity contribution in [3.8, 4) is 0 Å². The Balaban J connectivity index is 1.55. The van der Waals surface area contributed by atoms with Crippen molar-refractivity contribution in [1.82, 2.24) is 15.8 Å². The van der Waals surface area contributed by atoms with Gasteiger partial charge in [0.25, 0.3) is 5.91 Å². The number of nitrogens with one attached hydrogen (secondary N) is 2. The molecule has 0 unspecified atom stereocenters. The van der Waals surface area contributed by atoms with Crippen LogP contribution in [0.15, 0.2) is 24.3 Å². The van der Waals surface area contributed by atoms with Crippen LogP contribution in [0.2, 0.25) is 0 Å². The number of imide groups is 1. The Morgan fingerprint density at radius 3 is 2.32 bits per heavy atom. The van der Waals surface area contributed by atoms with E-state index in [1.54, 1.807) is 11.8 Å². The van der Waals surface area contributed by atoms with Crippen LogP contribution in [0.3, 0.4) is 0 Å². The van der Waals surface area contributed by atoms with Crippen molar-refractivity contribution >= 4 is 35.3 Å². The standard InChI is InChI=1S/C21H26N4O6/c1-3-31-21(30)15-4-6-16(7-5-15)25-18(27)12-17(20(25)29)22-23-19(28)14-8-10-24(11-9-14)13(2)26/h4-7,14,17,22H,3,8-12H2,1-2H3,(H,23,28)/t17-/m0/s1. The molecular formula is C21H26N4O6. The zero-order valence-electron chi connectivity index (χ0n) is 17.6. The van der Waals surface area contributed by atoms with Crippen LogP contribution in [0.1, 0.15) is 43.5 Å².